The fraction of sp³-hybridized carbons (Fsp3) is 0.867. The highest BCUT2D eigenvalue weighted by Crippen LogP contribution is 2.51. The van der Waals surface area contributed by atoms with E-state index in [4.69, 9.17) is 0 Å². The Hall–Kier alpha value is -0.260. The second-order valence-electron chi connectivity index (χ2n) is 6.16. The van der Waals surface area contributed by atoms with Crippen LogP contribution < -0.4 is 0 Å². The number of allylic oxidation sites excluding steroid dienone is 2. The van der Waals surface area contributed by atoms with Crippen molar-refractivity contribution < 1.29 is 0 Å². The molecule has 0 atom stereocenters. The molecule has 1 aliphatic carbocycles. The third kappa shape index (κ3) is 2.29. The Kier molecular flexibility index (Phi) is 3.68. The molecule has 0 aromatic heterocycles. The lowest BCUT2D eigenvalue weighted by Gasteiger charge is -2.45. The Bertz CT molecular complexity index is 251. The molecule has 0 bridgehead atoms. The summed E-state index contributed by atoms with van der Waals surface area (Å²) in [5, 5.41) is 0. The van der Waals surface area contributed by atoms with E-state index in [1.54, 1.807) is 11.1 Å². The van der Waals surface area contributed by atoms with Gasteiger partial charge in [0.15, 0.2) is 0 Å². The first kappa shape index (κ1) is 12.8. The molecule has 0 fully saturated rings. The minimum absolute atomic E-state index is 0.434. The van der Waals surface area contributed by atoms with Gasteiger partial charge in [-0.2, -0.15) is 0 Å². The zero-order valence-electron chi connectivity index (χ0n) is 11.5. The Morgan fingerprint density at radius 1 is 1.20 bits per heavy atom. The lowest BCUT2D eigenvalue weighted by atomic mass is 9.60. The van der Waals surface area contributed by atoms with Gasteiger partial charge in [-0.15, -0.1) is 0 Å². The summed E-state index contributed by atoms with van der Waals surface area (Å²) in [4.78, 5) is 0. The van der Waals surface area contributed by atoms with Crippen LogP contribution in [0.1, 0.15) is 73.6 Å². The first-order chi connectivity index (χ1) is 6.87. The molecule has 0 saturated heterocycles. The third-order valence-electron chi connectivity index (χ3n) is 4.62. The monoisotopic (exact) mass is 208 g/mol. The van der Waals surface area contributed by atoms with E-state index in [2.05, 4.69) is 41.5 Å². The first-order valence-corrected chi connectivity index (χ1v) is 6.58. The van der Waals surface area contributed by atoms with Crippen LogP contribution in [-0.2, 0) is 0 Å². The largest absolute Gasteiger partial charge is 0.0730 e. The molecule has 0 unspecified atom stereocenters. The molecular formula is C15H28. The van der Waals surface area contributed by atoms with Crippen LogP contribution in [0.15, 0.2) is 11.1 Å². The second kappa shape index (κ2) is 4.31. The van der Waals surface area contributed by atoms with E-state index in [0.29, 0.717) is 10.8 Å². The van der Waals surface area contributed by atoms with Crippen molar-refractivity contribution in [3.8, 4) is 0 Å². The molecule has 0 radical (unpaired) electrons. The minimum atomic E-state index is 0.434. The van der Waals surface area contributed by atoms with Crippen molar-refractivity contribution in [2.45, 2.75) is 73.6 Å². The Morgan fingerprint density at radius 2 is 1.73 bits per heavy atom. The molecule has 0 amide bonds. The predicted octanol–water partition coefficient (Wildman–Crippen LogP) is 5.34. The van der Waals surface area contributed by atoms with Crippen LogP contribution in [0.3, 0.4) is 0 Å². The standard InChI is InChI=1S/C15H28/c1-7-15(6,8-2)13-12(3)10-9-11-14(13,4)5/h7-11H2,1-6H3. The van der Waals surface area contributed by atoms with Gasteiger partial charge in [0.2, 0.25) is 0 Å². The molecule has 0 aromatic carbocycles. The maximum absolute atomic E-state index is 2.46. The molecule has 0 aliphatic heterocycles. The zero-order chi connectivity index (χ0) is 11.7. The summed E-state index contributed by atoms with van der Waals surface area (Å²) >= 11 is 0. The lowest BCUT2D eigenvalue weighted by Crippen LogP contribution is -2.32. The summed E-state index contributed by atoms with van der Waals surface area (Å²) in [6.07, 6.45) is 6.63. The normalized spacial score (nSPS) is 22.0. The smallest absolute Gasteiger partial charge is 0.0114 e. The first-order valence-electron chi connectivity index (χ1n) is 6.58. The second-order valence-corrected chi connectivity index (χ2v) is 6.16. The predicted molar refractivity (Wildman–Crippen MR) is 69.0 cm³/mol. The van der Waals surface area contributed by atoms with Crippen LogP contribution in [0.4, 0.5) is 0 Å². The van der Waals surface area contributed by atoms with E-state index < -0.39 is 0 Å². The molecule has 15 heavy (non-hydrogen) atoms. The van der Waals surface area contributed by atoms with Gasteiger partial charge in [0, 0.05) is 0 Å². The molecule has 88 valence electrons. The summed E-state index contributed by atoms with van der Waals surface area (Å²) < 4.78 is 0. The number of hydrogen-bond donors (Lipinski definition) is 0. The quantitative estimate of drug-likeness (QED) is 0.549. The molecule has 0 saturated carbocycles. The average molecular weight is 208 g/mol. The van der Waals surface area contributed by atoms with E-state index in [-0.39, 0.29) is 0 Å². The van der Waals surface area contributed by atoms with Crippen LogP contribution >= 0.6 is 0 Å². The van der Waals surface area contributed by atoms with Crippen molar-refractivity contribution in [1.82, 2.24) is 0 Å². The Balaban J connectivity index is 3.18. The van der Waals surface area contributed by atoms with Crippen LogP contribution in [-0.4, -0.2) is 0 Å². The van der Waals surface area contributed by atoms with Gasteiger partial charge >= 0.3 is 0 Å². The summed E-state index contributed by atoms with van der Waals surface area (Å²) in [7, 11) is 0. The highest BCUT2D eigenvalue weighted by Gasteiger charge is 2.38. The summed E-state index contributed by atoms with van der Waals surface area (Å²) in [6, 6.07) is 0. The fourth-order valence-electron chi connectivity index (χ4n) is 3.56. The van der Waals surface area contributed by atoms with Gasteiger partial charge in [-0.1, -0.05) is 45.8 Å². The van der Waals surface area contributed by atoms with E-state index in [0.717, 1.165) is 0 Å². The third-order valence-corrected chi connectivity index (χ3v) is 4.62. The van der Waals surface area contributed by atoms with Gasteiger partial charge in [0.25, 0.3) is 0 Å². The summed E-state index contributed by atoms with van der Waals surface area (Å²) in [5.41, 5.74) is 4.32. The minimum Gasteiger partial charge on any atom is -0.0730 e. The van der Waals surface area contributed by atoms with Crippen LogP contribution in [0, 0.1) is 10.8 Å². The van der Waals surface area contributed by atoms with Crippen LogP contribution in [0.5, 0.6) is 0 Å². The number of hydrogen-bond acceptors (Lipinski definition) is 0. The van der Waals surface area contributed by atoms with Gasteiger partial charge in [0.1, 0.15) is 0 Å². The highest BCUT2D eigenvalue weighted by atomic mass is 14.4. The van der Waals surface area contributed by atoms with Crippen molar-refractivity contribution in [2.75, 3.05) is 0 Å². The molecule has 0 heterocycles. The van der Waals surface area contributed by atoms with Crippen molar-refractivity contribution in [2.24, 2.45) is 10.8 Å². The molecular weight excluding hydrogens is 180 g/mol. The summed E-state index contributed by atoms with van der Waals surface area (Å²) in [6.45, 7) is 14.4. The zero-order valence-corrected chi connectivity index (χ0v) is 11.5. The van der Waals surface area contributed by atoms with Gasteiger partial charge in [0.05, 0.1) is 0 Å². The van der Waals surface area contributed by atoms with Crippen molar-refractivity contribution in [3.05, 3.63) is 11.1 Å². The van der Waals surface area contributed by atoms with Gasteiger partial charge in [-0.25, -0.2) is 0 Å². The molecule has 0 aromatic rings. The summed E-state index contributed by atoms with van der Waals surface area (Å²) in [5.74, 6) is 0. The van der Waals surface area contributed by atoms with Crippen molar-refractivity contribution in [1.29, 1.82) is 0 Å². The van der Waals surface area contributed by atoms with Crippen LogP contribution in [0.25, 0.3) is 0 Å². The molecule has 0 heteroatoms. The SMILES string of the molecule is CCC(C)(CC)C1=C(C)CCCC1(C)C. The van der Waals surface area contributed by atoms with Crippen molar-refractivity contribution >= 4 is 0 Å². The lowest BCUT2D eigenvalue weighted by molar-refractivity contribution is 0.241. The fourth-order valence-corrected chi connectivity index (χ4v) is 3.56. The maximum atomic E-state index is 2.46. The molecule has 0 N–H and O–H groups in total. The topological polar surface area (TPSA) is 0 Å². The van der Waals surface area contributed by atoms with Gasteiger partial charge in [-0.05, 0) is 49.9 Å². The van der Waals surface area contributed by atoms with Crippen LogP contribution in [0.2, 0.25) is 0 Å². The average Bonchev–Trinajstić information content (AvgIpc) is 2.16. The number of rotatable bonds is 3. The molecule has 0 nitrogen and oxygen atoms in total. The molecule has 1 rings (SSSR count). The van der Waals surface area contributed by atoms with Gasteiger partial charge in [-0.3, -0.25) is 0 Å². The van der Waals surface area contributed by atoms with E-state index in [9.17, 15) is 0 Å². The van der Waals surface area contributed by atoms with E-state index in [1.807, 2.05) is 0 Å². The van der Waals surface area contributed by atoms with E-state index >= 15 is 0 Å². The van der Waals surface area contributed by atoms with E-state index in [1.165, 1.54) is 32.1 Å². The highest BCUT2D eigenvalue weighted by molar-refractivity contribution is 5.28. The van der Waals surface area contributed by atoms with Gasteiger partial charge < -0.3 is 0 Å². The van der Waals surface area contributed by atoms with Crippen molar-refractivity contribution in [3.63, 3.8) is 0 Å². The Morgan fingerprint density at radius 3 is 2.13 bits per heavy atom. The maximum Gasteiger partial charge on any atom is -0.0114 e. The Labute approximate surface area is 96.2 Å². The molecule has 1 aliphatic rings. The molecule has 0 spiro atoms.